The highest BCUT2D eigenvalue weighted by atomic mass is 35.7. The fourth-order valence-corrected chi connectivity index (χ4v) is 1.71. The first kappa shape index (κ1) is 7.96. The summed E-state index contributed by atoms with van der Waals surface area (Å²) < 4.78 is 0. The van der Waals surface area contributed by atoms with E-state index in [1.165, 1.54) is 22.1 Å². The number of hydrogen-bond acceptors (Lipinski definition) is 1. The molecule has 0 aliphatic carbocycles. The van der Waals surface area contributed by atoms with Gasteiger partial charge in [-0.05, 0) is 52.7 Å². The van der Waals surface area contributed by atoms with E-state index in [2.05, 4.69) is 32.0 Å². The minimum Gasteiger partial charge on any atom is -0.0590 e. The Labute approximate surface area is 70.1 Å². The highest BCUT2D eigenvalue weighted by Crippen LogP contribution is 2.26. The molecule has 0 aliphatic rings. The van der Waals surface area contributed by atoms with Crippen LogP contribution in [0.25, 0.3) is 0 Å². The van der Waals surface area contributed by atoms with E-state index >= 15 is 0 Å². The van der Waals surface area contributed by atoms with Gasteiger partial charge in [0.25, 0.3) is 0 Å². The summed E-state index contributed by atoms with van der Waals surface area (Å²) in [6.45, 7) is 4.13. The van der Waals surface area contributed by atoms with Crippen LogP contribution in [-0.2, 0) is 0 Å². The molecule has 0 heterocycles. The number of rotatable bonds is 1. The second-order valence-electron chi connectivity index (χ2n) is 2.35. The Kier molecular flexibility index (Phi) is 2.64. The first-order valence-corrected chi connectivity index (χ1v) is 4.74. The summed E-state index contributed by atoms with van der Waals surface area (Å²) in [6.07, 6.45) is 0. The van der Waals surface area contributed by atoms with Crippen LogP contribution in [0.3, 0.4) is 0 Å². The van der Waals surface area contributed by atoms with Gasteiger partial charge in [-0.25, -0.2) is 0 Å². The lowest BCUT2D eigenvalue weighted by atomic mass is 10.2. The van der Waals surface area contributed by atoms with Gasteiger partial charge in [-0.2, -0.15) is 0 Å². The molecule has 0 spiro atoms. The van der Waals surface area contributed by atoms with Crippen molar-refractivity contribution in [2.75, 3.05) is 0 Å². The van der Waals surface area contributed by atoms with Gasteiger partial charge in [-0.3, -0.25) is 0 Å². The SMILES string of the molecule is Cc1ccc(C)c(SCl)c1. The molecule has 10 heavy (non-hydrogen) atoms. The molecule has 0 saturated carbocycles. The molecule has 0 fully saturated rings. The fourth-order valence-electron chi connectivity index (χ4n) is 0.790. The smallest absolute Gasteiger partial charge is 0.0265 e. The highest BCUT2D eigenvalue weighted by molar-refractivity contribution is 8.21. The molecule has 0 atom stereocenters. The molecule has 0 saturated heterocycles. The van der Waals surface area contributed by atoms with Crippen LogP contribution < -0.4 is 0 Å². The van der Waals surface area contributed by atoms with Crippen LogP contribution in [0.15, 0.2) is 23.1 Å². The molecule has 1 aromatic carbocycles. The molecule has 0 N–H and O–H groups in total. The van der Waals surface area contributed by atoms with Crippen LogP contribution >= 0.6 is 21.7 Å². The van der Waals surface area contributed by atoms with Crippen molar-refractivity contribution in [1.29, 1.82) is 0 Å². The van der Waals surface area contributed by atoms with Crippen LogP contribution in [0.4, 0.5) is 0 Å². The summed E-state index contributed by atoms with van der Waals surface area (Å²) in [6, 6.07) is 6.26. The van der Waals surface area contributed by atoms with Gasteiger partial charge >= 0.3 is 0 Å². The Morgan fingerprint density at radius 3 is 2.50 bits per heavy atom. The Morgan fingerprint density at radius 2 is 2.00 bits per heavy atom. The van der Waals surface area contributed by atoms with Crippen molar-refractivity contribution in [2.45, 2.75) is 18.7 Å². The highest BCUT2D eigenvalue weighted by Gasteiger charge is 1.95. The van der Waals surface area contributed by atoms with Gasteiger partial charge < -0.3 is 0 Å². The predicted octanol–water partition coefficient (Wildman–Crippen LogP) is 3.55. The third-order valence-corrected chi connectivity index (χ3v) is 2.53. The monoisotopic (exact) mass is 172 g/mol. The van der Waals surface area contributed by atoms with Gasteiger partial charge in [0.15, 0.2) is 0 Å². The van der Waals surface area contributed by atoms with Crippen molar-refractivity contribution in [2.24, 2.45) is 0 Å². The molecule has 54 valence electrons. The number of halogens is 1. The van der Waals surface area contributed by atoms with Gasteiger partial charge in [0.2, 0.25) is 0 Å². The molecular weight excluding hydrogens is 164 g/mol. The maximum absolute atomic E-state index is 5.62. The van der Waals surface area contributed by atoms with E-state index in [1.807, 2.05) is 0 Å². The first-order valence-electron chi connectivity index (χ1n) is 3.10. The zero-order valence-corrected chi connectivity index (χ0v) is 7.59. The maximum atomic E-state index is 5.62. The standard InChI is InChI=1S/C8H9ClS/c1-6-3-4-7(2)8(5-6)10-9/h3-5H,1-2H3. The topological polar surface area (TPSA) is 0 Å². The van der Waals surface area contributed by atoms with E-state index < -0.39 is 0 Å². The van der Waals surface area contributed by atoms with Crippen molar-refractivity contribution in [3.05, 3.63) is 29.3 Å². The third-order valence-electron chi connectivity index (χ3n) is 1.43. The molecule has 1 aromatic rings. The van der Waals surface area contributed by atoms with E-state index in [0.29, 0.717) is 0 Å². The molecule has 0 aromatic heterocycles. The Balaban J connectivity index is 3.09. The summed E-state index contributed by atoms with van der Waals surface area (Å²) in [5.74, 6) is 0. The van der Waals surface area contributed by atoms with E-state index in [4.69, 9.17) is 10.7 Å². The van der Waals surface area contributed by atoms with Crippen LogP contribution in [0.1, 0.15) is 11.1 Å². The third kappa shape index (κ3) is 1.68. The largest absolute Gasteiger partial charge is 0.0590 e. The average Bonchev–Trinajstić information content (AvgIpc) is 1.94. The van der Waals surface area contributed by atoms with Gasteiger partial charge in [0.1, 0.15) is 0 Å². The van der Waals surface area contributed by atoms with Gasteiger partial charge in [-0.1, -0.05) is 12.1 Å². The maximum Gasteiger partial charge on any atom is 0.0265 e. The van der Waals surface area contributed by atoms with Gasteiger partial charge in [-0.15, -0.1) is 0 Å². The van der Waals surface area contributed by atoms with Gasteiger partial charge in [0, 0.05) is 4.90 Å². The summed E-state index contributed by atoms with van der Waals surface area (Å²) in [7, 11) is 6.90. The zero-order chi connectivity index (χ0) is 7.56. The molecule has 0 bridgehead atoms. The van der Waals surface area contributed by atoms with Crippen molar-refractivity contribution < 1.29 is 0 Å². The molecule has 0 unspecified atom stereocenters. The van der Waals surface area contributed by atoms with Crippen molar-refractivity contribution in [3.63, 3.8) is 0 Å². The molecule has 2 heteroatoms. The fraction of sp³-hybridized carbons (Fsp3) is 0.250. The number of benzene rings is 1. The quantitative estimate of drug-likeness (QED) is 0.625. The summed E-state index contributed by atoms with van der Waals surface area (Å²) in [5.41, 5.74) is 2.50. The van der Waals surface area contributed by atoms with Crippen molar-refractivity contribution in [3.8, 4) is 0 Å². The first-order chi connectivity index (χ1) is 4.74. The van der Waals surface area contributed by atoms with Gasteiger partial charge in [0.05, 0.1) is 0 Å². The minimum absolute atomic E-state index is 1.15. The van der Waals surface area contributed by atoms with Crippen LogP contribution in [-0.4, -0.2) is 0 Å². The second-order valence-corrected chi connectivity index (χ2v) is 3.40. The Hall–Kier alpha value is -0.140. The lowest BCUT2D eigenvalue weighted by molar-refractivity contribution is 1.27. The Bertz CT molecular complexity index is 233. The van der Waals surface area contributed by atoms with Crippen molar-refractivity contribution >= 4 is 21.7 Å². The molecule has 1 rings (SSSR count). The Morgan fingerprint density at radius 1 is 1.30 bits per heavy atom. The lowest BCUT2D eigenvalue weighted by Crippen LogP contribution is -1.77. The summed E-state index contributed by atoms with van der Waals surface area (Å²) in [4.78, 5) is 1.15. The second kappa shape index (κ2) is 3.31. The molecule has 0 radical (unpaired) electrons. The van der Waals surface area contributed by atoms with Crippen molar-refractivity contribution in [1.82, 2.24) is 0 Å². The van der Waals surface area contributed by atoms with E-state index in [1.54, 1.807) is 0 Å². The average molecular weight is 173 g/mol. The molecule has 0 nitrogen and oxygen atoms in total. The normalized spacial score (nSPS) is 9.90. The summed E-state index contributed by atoms with van der Waals surface area (Å²) >= 11 is 0. The van der Waals surface area contributed by atoms with Crippen LogP contribution in [0, 0.1) is 13.8 Å². The van der Waals surface area contributed by atoms with E-state index in [0.717, 1.165) is 4.90 Å². The summed E-state index contributed by atoms with van der Waals surface area (Å²) in [5, 5.41) is 0. The predicted molar refractivity (Wildman–Crippen MR) is 47.6 cm³/mol. The molecule has 0 aliphatic heterocycles. The van der Waals surface area contributed by atoms with Crippen LogP contribution in [0.5, 0.6) is 0 Å². The number of aryl methyl sites for hydroxylation is 2. The number of hydrogen-bond donors (Lipinski definition) is 0. The lowest BCUT2D eigenvalue weighted by Gasteiger charge is -2.00. The van der Waals surface area contributed by atoms with E-state index in [-0.39, 0.29) is 0 Å². The zero-order valence-electron chi connectivity index (χ0n) is 6.02. The molecule has 0 amide bonds. The minimum atomic E-state index is 1.15. The molecular formula is C8H9ClS. The van der Waals surface area contributed by atoms with E-state index in [9.17, 15) is 0 Å². The van der Waals surface area contributed by atoms with Crippen LogP contribution in [0.2, 0.25) is 0 Å².